The number of rotatable bonds is 1. The molecule has 0 saturated carbocycles. The third kappa shape index (κ3) is 1.68. The summed E-state index contributed by atoms with van der Waals surface area (Å²) in [4.78, 5) is 1.88. The van der Waals surface area contributed by atoms with Crippen LogP contribution in [0.25, 0.3) is 11.0 Å². The van der Waals surface area contributed by atoms with Gasteiger partial charge in [0.25, 0.3) is 0 Å². The molecule has 0 bridgehead atoms. The number of nitrogens with zero attached hydrogens (tertiary/aromatic N) is 1. The van der Waals surface area contributed by atoms with E-state index in [2.05, 4.69) is 0 Å². The summed E-state index contributed by atoms with van der Waals surface area (Å²) < 4.78 is 32.7. The Balaban J connectivity index is 2.18. The molecule has 1 fully saturated rings. The smallest absolute Gasteiger partial charge is 0.185 e. The van der Waals surface area contributed by atoms with Crippen LogP contribution in [0, 0.1) is 11.6 Å². The van der Waals surface area contributed by atoms with Gasteiger partial charge in [0, 0.05) is 18.5 Å². The van der Waals surface area contributed by atoms with Crippen LogP contribution in [0.2, 0.25) is 0 Å². The molecule has 0 radical (unpaired) electrons. The zero-order chi connectivity index (χ0) is 11.8. The van der Waals surface area contributed by atoms with E-state index in [1.807, 2.05) is 4.90 Å². The molecule has 0 spiro atoms. The molecule has 2 heterocycles. The molecule has 1 aliphatic rings. The van der Waals surface area contributed by atoms with Gasteiger partial charge in [0.2, 0.25) is 0 Å². The molecule has 0 aliphatic carbocycles. The summed E-state index contributed by atoms with van der Waals surface area (Å²) in [6, 6.07) is 2.84. The molecular formula is C13H13F2NO. The van der Waals surface area contributed by atoms with E-state index in [4.69, 9.17) is 4.42 Å². The van der Waals surface area contributed by atoms with Crippen molar-refractivity contribution in [3.63, 3.8) is 0 Å². The Kier molecular flexibility index (Phi) is 2.50. The van der Waals surface area contributed by atoms with Crippen LogP contribution in [0.15, 0.2) is 22.8 Å². The highest BCUT2D eigenvalue weighted by Gasteiger charge is 2.22. The van der Waals surface area contributed by atoms with E-state index in [1.165, 1.54) is 12.3 Å². The van der Waals surface area contributed by atoms with Gasteiger partial charge in [-0.1, -0.05) is 0 Å². The van der Waals surface area contributed by atoms with Crippen molar-refractivity contribution in [1.82, 2.24) is 0 Å². The van der Waals surface area contributed by atoms with Gasteiger partial charge in [0.1, 0.15) is 5.69 Å². The number of anilines is 1. The van der Waals surface area contributed by atoms with E-state index in [-0.39, 0.29) is 5.69 Å². The Morgan fingerprint density at radius 2 is 1.88 bits per heavy atom. The highest BCUT2D eigenvalue weighted by Crippen LogP contribution is 2.34. The number of hydrogen-bond donors (Lipinski definition) is 0. The summed E-state index contributed by atoms with van der Waals surface area (Å²) in [7, 11) is 0. The molecule has 0 amide bonds. The summed E-state index contributed by atoms with van der Waals surface area (Å²) in [6.45, 7) is 1.52. The van der Waals surface area contributed by atoms with Gasteiger partial charge in [-0.2, -0.15) is 0 Å². The molecule has 1 aromatic heterocycles. The van der Waals surface area contributed by atoms with E-state index in [0.29, 0.717) is 11.0 Å². The van der Waals surface area contributed by atoms with Gasteiger partial charge < -0.3 is 9.32 Å². The van der Waals surface area contributed by atoms with Gasteiger partial charge >= 0.3 is 0 Å². The fourth-order valence-corrected chi connectivity index (χ4v) is 2.44. The van der Waals surface area contributed by atoms with Crippen molar-refractivity contribution in [3.8, 4) is 0 Å². The zero-order valence-electron chi connectivity index (χ0n) is 9.38. The van der Waals surface area contributed by atoms with Crippen molar-refractivity contribution in [2.75, 3.05) is 18.0 Å². The first-order valence-corrected chi connectivity index (χ1v) is 5.87. The molecule has 17 heavy (non-hydrogen) atoms. The summed E-state index contributed by atoms with van der Waals surface area (Å²) in [5, 5.41) is 0.615. The van der Waals surface area contributed by atoms with E-state index in [9.17, 15) is 8.78 Å². The quantitative estimate of drug-likeness (QED) is 0.751. The van der Waals surface area contributed by atoms with Gasteiger partial charge in [-0.25, -0.2) is 8.78 Å². The van der Waals surface area contributed by atoms with Crippen LogP contribution in [-0.2, 0) is 0 Å². The standard InChI is InChI=1S/C13H13F2NO/c14-10-8-9-4-7-17-13(9)12(11(10)15)16-5-2-1-3-6-16/h4,7-8H,1-3,5-6H2. The Hall–Kier alpha value is -1.58. The molecular weight excluding hydrogens is 224 g/mol. The Bertz CT molecular complexity index is 544. The van der Waals surface area contributed by atoms with Crippen LogP contribution in [0.1, 0.15) is 19.3 Å². The Morgan fingerprint density at radius 3 is 2.65 bits per heavy atom. The van der Waals surface area contributed by atoms with Gasteiger partial charge in [-0.15, -0.1) is 0 Å². The lowest BCUT2D eigenvalue weighted by Gasteiger charge is -2.29. The summed E-state index contributed by atoms with van der Waals surface area (Å²) in [5.41, 5.74) is 0.732. The molecule has 2 nitrogen and oxygen atoms in total. The Labute approximate surface area is 97.8 Å². The number of furan rings is 1. The topological polar surface area (TPSA) is 16.4 Å². The SMILES string of the molecule is Fc1cc2ccoc2c(N2CCCCC2)c1F. The molecule has 0 unspecified atom stereocenters. The van der Waals surface area contributed by atoms with E-state index in [1.54, 1.807) is 6.07 Å². The molecule has 1 aliphatic heterocycles. The van der Waals surface area contributed by atoms with E-state index in [0.717, 1.165) is 32.4 Å². The van der Waals surface area contributed by atoms with Crippen molar-refractivity contribution in [3.05, 3.63) is 30.0 Å². The summed E-state index contributed by atoms with van der Waals surface area (Å²) in [6.07, 6.45) is 4.64. The lowest BCUT2D eigenvalue weighted by atomic mass is 10.1. The van der Waals surface area contributed by atoms with Crippen LogP contribution in [-0.4, -0.2) is 13.1 Å². The van der Waals surface area contributed by atoms with Gasteiger partial charge in [-0.05, 0) is 31.4 Å². The van der Waals surface area contributed by atoms with Crippen LogP contribution in [0.4, 0.5) is 14.5 Å². The molecule has 90 valence electrons. The minimum absolute atomic E-state index is 0.282. The number of halogens is 2. The lowest BCUT2D eigenvalue weighted by molar-refractivity contribution is 0.495. The normalized spacial score (nSPS) is 16.7. The zero-order valence-corrected chi connectivity index (χ0v) is 9.38. The summed E-state index contributed by atoms with van der Waals surface area (Å²) in [5.74, 6) is -1.60. The maximum atomic E-state index is 13.9. The molecule has 2 aromatic rings. The molecule has 3 rings (SSSR count). The minimum atomic E-state index is -0.806. The van der Waals surface area contributed by atoms with Gasteiger partial charge in [-0.3, -0.25) is 0 Å². The van der Waals surface area contributed by atoms with Crippen molar-refractivity contribution < 1.29 is 13.2 Å². The van der Waals surface area contributed by atoms with Gasteiger partial charge in [0.15, 0.2) is 17.2 Å². The predicted molar refractivity (Wildman–Crippen MR) is 62.2 cm³/mol. The molecule has 4 heteroatoms. The molecule has 0 atom stereocenters. The highest BCUT2D eigenvalue weighted by molar-refractivity contribution is 5.90. The van der Waals surface area contributed by atoms with Crippen LogP contribution < -0.4 is 4.90 Å². The second-order valence-corrected chi connectivity index (χ2v) is 4.41. The second kappa shape index (κ2) is 4.02. The van der Waals surface area contributed by atoms with Gasteiger partial charge in [0.05, 0.1) is 6.26 Å². The third-order valence-electron chi connectivity index (χ3n) is 3.28. The molecule has 0 N–H and O–H groups in total. The maximum absolute atomic E-state index is 13.9. The van der Waals surface area contributed by atoms with Crippen molar-refractivity contribution in [2.45, 2.75) is 19.3 Å². The molecule has 1 saturated heterocycles. The first-order chi connectivity index (χ1) is 8.27. The number of benzene rings is 1. The summed E-state index contributed by atoms with van der Waals surface area (Å²) >= 11 is 0. The monoisotopic (exact) mass is 237 g/mol. The Morgan fingerprint density at radius 1 is 1.12 bits per heavy atom. The van der Waals surface area contributed by atoms with Crippen molar-refractivity contribution in [1.29, 1.82) is 0 Å². The van der Waals surface area contributed by atoms with Crippen LogP contribution in [0.3, 0.4) is 0 Å². The number of fused-ring (bicyclic) bond motifs is 1. The fraction of sp³-hybridized carbons (Fsp3) is 0.385. The third-order valence-corrected chi connectivity index (χ3v) is 3.28. The number of hydrogen-bond acceptors (Lipinski definition) is 2. The maximum Gasteiger partial charge on any atom is 0.185 e. The predicted octanol–water partition coefficient (Wildman–Crippen LogP) is 3.70. The van der Waals surface area contributed by atoms with Crippen LogP contribution >= 0.6 is 0 Å². The second-order valence-electron chi connectivity index (χ2n) is 4.41. The average molecular weight is 237 g/mol. The van der Waals surface area contributed by atoms with Crippen LogP contribution in [0.5, 0.6) is 0 Å². The minimum Gasteiger partial charge on any atom is -0.462 e. The van der Waals surface area contributed by atoms with E-state index >= 15 is 0 Å². The number of piperidine rings is 1. The average Bonchev–Trinajstić information content (AvgIpc) is 2.79. The van der Waals surface area contributed by atoms with Crippen molar-refractivity contribution in [2.24, 2.45) is 0 Å². The fourth-order valence-electron chi connectivity index (χ4n) is 2.44. The molecule has 1 aromatic carbocycles. The first-order valence-electron chi connectivity index (χ1n) is 5.87. The van der Waals surface area contributed by atoms with Crippen molar-refractivity contribution >= 4 is 16.7 Å². The largest absolute Gasteiger partial charge is 0.462 e. The highest BCUT2D eigenvalue weighted by atomic mass is 19.2. The first kappa shape index (κ1) is 10.6. The van der Waals surface area contributed by atoms with E-state index < -0.39 is 11.6 Å². The lowest BCUT2D eigenvalue weighted by Crippen LogP contribution is -2.30.